The minimum absolute atomic E-state index is 0.196. The summed E-state index contributed by atoms with van der Waals surface area (Å²) in [6.07, 6.45) is 2.52. The van der Waals surface area contributed by atoms with Crippen LogP contribution in [0.25, 0.3) is 0 Å². The largest absolute Gasteiger partial charge is 0.486 e. The zero-order chi connectivity index (χ0) is 12.6. The van der Waals surface area contributed by atoms with Gasteiger partial charge < -0.3 is 9.47 Å². The molecule has 1 N–H and O–H groups in total. The second-order valence-electron chi connectivity index (χ2n) is 4.82. The van der Waals surface area contributed by atoms with E-state index in [0.717, 1.165) is 24.8 Å². The third-order valence-electron chi connectivity index (χ3n) is 3.61. The fourth-order valence-electron chi connectivity index (χ4n) is 2.66. The van der Waals surface area contributed by atoms with Crippen molar-refractivity contribution in [3.63, 3.8) is 0 Å². The first-order chi connectivity index (χ1) is 8.72. The van der Waals surface area contributed by atoms with Crippen LogP contribution in [0.4, 0.5) is 10.1 Å². The molecule has 0 bridgehead atoms. The molecular formula is C13H16FNO3. The van der Waals surface area contributed by atoms with Crippen LogP contribution >= 0.6 is 0 Å². The second-order valence-corrected chi connectivity index (χ2v) is 4.82. The third-order valence-corrected chi connectivity index (χ3v) is 3.61. The van der Waals surface area contributed by atoms with E-state index in [4.69, 9.17) is 14.3 Å². The summed E-state index contributed by atoms with van der Waals surface area (Å²) in [5, 5.41) is 0. The van der Waals surface area contributed by atoms with Gasteiger partial charge in [0.05, 0.1) is 26.0 Å². The van der Waals surface area contributed by atoms with Gasteiger partial charge >= 0.3 is 0 Å². The summed E-state index contributed by atoms with van der Waals surface area (Å²) < 4.78 is 25.1. The molecule has 0 atom stereocenters. The van der Waals surface area contributed by atoms with E-state index in [2.05, 4.69) is 5.48 Å². The lowest BCUT2D eigenvalue weighted by Crippen LogP contribution is -2.40. The van der Waals surface area contributed by atoms with Crippen molar-refractivity contribution in [1.82, 2.24) is 0 Å². The number of rotatable bonds is 2. The van der Waals surface area contributed by atoms with E-state index in [9.17, 15) is 4.39 Å². The molecular weight excluding hydrogens is 237 g/mol. The van der Waals surface area contributed by atoms with E-state index in [0.29, 0.717) is 24.7 Å². The number of anilines is 1. The molecule has 1 spiro atoms. The minimum Gasteiger partial charge on any atom is -0.486 e. The number of ether oxygens (including phenoxy) is 2. The highest BCUT2D eigenvalue weighted by atomic mass is 19.1. The van der Waals surface area contributed by atoms with Crippen LogP contribution in [0.5, 0.6) is 5.75 Å². The summed E-state index contributed by atoms with van der Waals surface area (Å²) >= 11 is 0. The maximum absolute atomic E-state index is 13.7. The van der Waals surface area contributed by atoms with Gasteiger partial charge in [0.25, 0.3) is 0 Å². The molecule has 98 valence electrons. The number of benzene rings is 1. The fraction of sp³-hybridized carbons (Fsp3) is 0.538. The highest BCUT2D eigenvalue weighted by Gasteiger charge is 2.41. The van der Waals surface area contributed by atoms with Gasteiger partial charge in [-0.1, -0.05) is 0 Å². The highest BCUT2D eigenvalue weighted by molar-refractivity contribution is 5.53. The van der Waals surface area contributed by atoms with Gasteiger partial charge in [-0.3, -0.25) is 10.3 Å². The van der Waals surface area contributed by atoms with Crippen LogP contribution in [-0.2, 0) is 16.0 Å². The van der Waals surface area contributed by atoms with Gasteiger partial charge in [-0.25, -0.2) is 4.39 Å². The molecule has 0 saturated carbocycles. The molecule has 1 fully saturated rings. The molecule has 2 aliphatic heterocycles. The lowest BCUT2D eigenvalue weighted by molar-refractivity contribution is -0.0330. The molecule has 5 heteroatoms. The Balaban J connectivity index is 1.88. The van der Waals surface area contributed by atoms with Crippen molar-refractivity contribution >= 4 is 5.69 Å². The van der Waals surface area contributed by atoms with Crippen LogP contribution in [0.2, 0.25) is 0 Å². The Morgan fingerprint density at radius 2 is 2.11 bits per heavy atom. The van der Waals surface area contributed by atoms with E-state index in [1.165, 1.54) is 13.2 Å². The molecule has 1 aromatic rings. The van der Waals surface area contributed by atoms with Crippen molar-refractivity contribution in [1.29, 1.82) is 0 Å². The van der Waals surface area contributed by atoms with Gasteiger partial charge in [0, 0.05) is 30.9 Å². The van der Waals surface area contributed by atoms with Crippen LogP contribution in [0.15, 0.2) is 12.1 Å². The molecule has 0 aliphatic carbocycles. The summed E-state index contributed by atoms with van der Waals surface area (Å²) in [6.45, 7) is 1.42. The molecule has 0 unspecified atom stereocenters. The molecule has 3 rings (SSSR count). The Morgan fingerprint density at radius 3 is 2.83 bits per heavy atom. The monoisotopic (exact) mass is 253 g/mol. The second kappa shape index (κ2) is 4.40. The predicted molar refractivity (Wildman–Crippen MR) is 64.1 cm³/mol. The average Bonchev–Trinajstić information content (AvgIpc) is 2.67. The normalized spacial score (nSPS) is 20.6. The van der Waals surface area contributed by atoms with Gasteiger partial charge in [-0.15, -0.1) is 0 Å². The molecule has 1 aromatic carbocycles. The molecule has 0 radical (unpaired) electrons. The lowest BCUT2D eigenvalue weighted by Gasteiger charge is -2.32. The summed E-state index contributed by atoms with van der Waals surface area (Å²) in [7, 11) is 1.46. The Hall–Kier alpha value is -1.33. The molecule has 0 aromatic heterocycles. The Kier molecular flexibility index (Phi) is 2.87. The van der Waals surface area contributed by atoms with Crippen molar-refractivity contribution in [2.45, 2.75) is 24.9 Å². The van der Waals surface area contributed by atoms with Crippen molar-refractivity contribution in [3.05, 3.63) is 23.5 Å². The Morgan fingerprint density at radius 1 is 1.33 bits per heavy atom. The number of hydrogen-bond acceptors (Lipinski definition) is 4. The van der Waals surface area contributed by atoms with E-state index >= 15 is 0 Å². The highest BCUT2D eigenvalue weighted by Crippen LogP contribution is 2.42. The molecule has 18 heavy (non-hydrogen) atoms. The van der Waals surface area contributed by atoms with Crippen molar-refractivity contribution in [3.8, 4) is 5.75 Å². The molecule has 2 aliphatic rings. The molecule has 4 nitrogen and oxygen atoms in total. The van der Waals surface area contributed by atoms with Crippen molar-refractivity contribution in [2.75, 3.05) is 25.8 Å². The van der Waals surface area contributed by atoms with Crippen molar-refractivity contribution in [2.24, 2.45) is 0 Å². The van der Waals surface area contributed by atoms with Crippen LogP contribution < -0.4 is 10.2 Å². The number of hydrogen-bond donors (Lipinski definition) is 1. The van der Waals surface area contributed by atoms with Gasteiger partial charge in [0.15, 0.2) is 5.82 Å². The smallest absolute Gasteiger partial charge is 0.152 e. The first-order valence-electron chi connectivity index (χ1n) is 6.11. The van der Waals surface area contributed by atoms with E-state index in [-0.39, 0.29) is 11.4 Å². The zero-order valence-corrected chi connectivity index (χ0v) is 10.3. The van der Waals surface area contributed by atoms with E-state index in [1.807, 2.05) is 0 Å². The maximum Gasteiger partial charge on any atom is 0.152 e. The van der Waals surface area contributed by atoms with Crippen molar-refractivity contribution < 1.29 is 18.7 Å². The van der Waals surface area contributed by atoms with E-state index < -0.39 is 0 Å². The Labute approximate surface area is 105 Å². The third kappa shape index (κ3) is 1.93. The summed E-state index contributed by atoms with van der Waals surface area (Å²) in [5.41, 5.74) is 3.72. The van der Waals surface area contributed by atoms with E-state index in [1.54, 1.807) is 6.07 Å². The van der Waals surface area contributed by atoms with Crippen LogP contribution in [0.3, 0.4) is 0 Å². The maximum atomic E-state index is 13.7. The van der Waals surface area contributed by atoms with Gasteiger partial charge in [0.1, 0.15) is 11.4 Å². The number of fused-ring (bicyclic) bond motifs is 1. The quantitative estimate of drug-likeness (QED) is 0.821. The number of nitrogens with one attached hydrogen (secondary N) is 1. The standard InChI is InChI=1S/C13H16FNO3/c1-16-15-11-6-9-8-13(2-4-17-5-3-13)18-12(9)7-10(11)14/h6-7,15H,2-5,8H2,1H3. The topological polar surface area (TPSA) is 39.7 Å². The van der Waals surface area contributed by atoms with Crippen LogP contribution in [0, 0.1) is 5.82 Å². The summed E-state index contributed by atoms with van der Waals surface area (Å²) in [5.74, 6) is 0.288. The molecule has 2 heterocycles. The van der Waals surface area contributed by atoms with Crippen LogP contribution in [-0.4, -0.2) is 25.9 Å². The minimum atomic E-state index is -0.361. The summed E-state index contributed by atoms with van der Waals surface area (Å²) in [6, 6.07) is 3.19. The first-order valence-corrected chi connectivity index (χ1v) is 6.11. The number of halogens is 1. The Bertz CT molecular complexity index is 458. The van der Waals surface area contributed by atoms with Gasteiger partial charge in [-0.2, -0.15) is 0 Å². The molecule has 1 saturated heterocycles. The first kappa shape index (κ1) is 11.7. The van der Waals surface area contributed by atoms with Gasteiger partial charge in [-0.05, 0) is 6.07 Å². The van der Waals surface area contributed by atoms with Crippen LogP contribution in [0.1, 0.15) is 18.4 Å². The molecule has 0 amide bonds. The average molecular weight is 253 g/mol. The SMILES string of the molecule is CONc1cc2c(cc1F)OC1(CCOCC1)C2. The summed E-state index contributed by atoms with van der Waals surface area (Å²) in [4.78, 5) is 4.75. The lowest BCUT2D eigenvalue weighted by atomic mass is 9.89. The predicted octanol–water partition coefficient (Wildman–Crippen LogP) is 2.28. The van der Waals surface area contributed by atoms with Gasteiger partial charge in [0.2, 0.25) is 0 Å². The zero-order valence-electron chi connectivity index (χ0n) is 10.3. The fourth-order valence-corrected chi connectivity index (χ4v) is 2.66.